The molecule has 0 aliphatic carbocycles. The van der Waals surface area contributed by atoms with Gasteiger partial charge < -0.3 is 24.5 Å². The number of anilines is 1. The SMILES string of the molecule is CC1(C)S[C@@H]2[C@H]([C@H](O)C(=O)N3CCN(c4ccccn4)CC3)C(=O)N2[C@H]1C(=O)OCc1ccccc1. The molecule has 0 spiro atoms. The molecule has 3 aliphatic heterocycles. The van der Waals surface area contributed by atoms with Crippen molar-refractivity contribution in [3.63, 3.8) is 0 Å². The van der Waals surface area contributed by atoms with Gasteiger partial charge >= 0.3 is 5.97 Å². The van der Waals surface area contributed by atoms with E-state index in [-0.39, 0.29) is 12.5 Å². The van der Waals surface area contributed by atoms with Crippen LogP contribution in [-0.4, -0.2) is 86.1 Å². The summed E-state index contributed by atoms with van der Waals surface area (Å²) < 4.78 is 4.93. The van der Waals surface area contributed by atoms with E-state index in [2.05, 4.69) is 9.88 Å². The molecular weight excluding hydrogens is 480 g/mol. The number of carbonyl (C=O) groups excluding carboxylic acids is 3. The van der Waals surface area contributed by atoms with E-state index < -0.39 is 40.1 Å². The molecule has 9 nitrogen and oxygen atoms in total. The number of amides is 2. The number of aliphatic hydroxyl groups is 1. The Morgan fingerprint density at radius 3 is 2.47 bits per heavy atom. The van der Waals surface area contributed by atoms with Crippen LogP contribution in [0.2, 0.25) is 0 Å². The number of benzene rings is 1. The average molecular weight is 511 g/mol. The minimum atomic E-state index is -1.44. The molecule has 10 heteroatoms. The highest BCUT2D eigenvalue weighted by Gasteiger charge is 2.66. The van der Waals surface area contributed by atoms with E-state index in [1.807, 2.05) is 62.4 Å². The Kier molecular flexibility index (Phi) is 6.65. The molecule has 5 rings (SSSR count). The summed E-state index contributed by atoms with van der Waals surface area (Å²) >= 11 is 1.43. The fourth-order valence-electron chi connectivity index (χ4n) is 5.16. The predicted octanol–water partition coefficient (Wildman–Crippen LogP) is 1.51. The second kappa shape index (κ2) is 9.74. The Labute approximate surface area is 214 Å². The third-order valence-electron chi connectivity index (χ3n) is 7.09. The van der Waals surface area contributed by atoms with Crippen molar-refractivity contribution in [2.45, 2.75) is 42.7 Å². The number of β-lactam (4-membered cyclic amide) rings is 1. The van der Waals surface area contributed by atoms with Crippen LogP contribution in [0.25, 0.3) is 0 Å². The number of hydrogen-bond donors (Lipinski definition) is 1. The minimum absolute atomic E-state index is 0.124. The molecule has 1 aromatic carbocycles. The molecule has 36 heavy (non-hydrogen) atoms. The first kappa shape index (κ1) is 24.6. The number of pyridine rings is 1. The number of rotatable bonds is 6. The minimum Gasteiger partial charge on any atom is -0.459 e. The van der Waals surface area contributed by atoms with E-state index in [4.69, 9.17) is 4.74 Å². The molecule has 0 bridgehead atoms. The van der Waals surface area contributed by atoms with Crippen LogP contribution in [0, 0.1) is 5.92 Å². The number of aliphatic hydroxyl groups excluding tert-OH is 1. The maximum absolute atomic E-state index is 13.1. The van der Waals surface area contributed by atoms with E-state index in [1.165, 1.54) is 16.7 Å². The van der Waals surface area contributed by atoms with Crippen molar-refractivity contribution in [1.29, 1.82) is 0 Å². The summed E-state index contributed by atoms with van der Waals surface area (Å²) in [7, 11) is 0. The summed E-state index contributed by atoms with van der Waals surface area (Å²) in [5.74, 6) is -1.32. The van der Waals surface area contributed by atoms with Crippen molar-refractivity contribution in [1.82, 2.24) is 14.8 Å². The van der Waals surface area contributed by atoms with E-state index in [0.717, 1.165) is 11.4 Å². The van der Waals surface area contributed by atoms with Gasteiger partial charge in [-0.05, 0) is 31.5 Å². The van der Waals surface area contributed by atoms with E-state index in [1.54, 1.807) is 11.1 Å². The summed E-state index contributed by atoms with van der Waals surface area (Å²) in [4.78, 5) is 48.8. The molecule has 2 amide bonds. The third-order valence-corrected chi connectivity index (χ3v) is 8.68. The van der Waals surface area contributed by atoms with Crippen LogP contribution >= 0.6 is 11.8 Å². The van der Waals surface area contributed by atoms with Crippen LogP contribution in [0.5, 0.6) is 0 Å². The van der Waals surface area contributed by atoms with Crippen LogP contribution in [0.1, 0.15) is 19.4 Å². The quantitative estimate of drug-likeness (QED) is 0.461. The Morgan fingerprint density at radius 2 is 1.81 bits per heavy atom. The van der Waals surface area contributed by atoms with Crippen LogP contribution in [-0.2, 0) is 25.7 Å². The lowest BCUT2D eigenvalue weighted by atomic mass is 9.87. The molecule has 4 heterocycles. The number of nitrogens with zero attached hydrogens (tertiary/aromatic N) is 4. The average Bonchev–Trinajstić information content (AvgIpc) is 3.15. The molecule has 3 aliphatic rings. The summed E-state index contributed by atoms with van der Waals surface area (Å²) in [6.45, 7) is 5.98. The Balaban J connectivity index is 1.20. The van der Waals surface area contributed by atoms with E-state index in [9.17, 15) is 19.5 Å². The standard InChI is InChI=1S/C26H30N4O5S/c1-26(2)21(25(34)35-16-17-8-4-3-5-9-17)30-22(32)19(24(30)36-26)20(31)23(33)29-14-12-28(13-15-29)18-10-6-7-11-27-18/h3-11,19-21,24,31H,12-16H2,1-2H3/t19-,20+,21+,24-/m1/s1. The zero-order chi connectivity index (χ0) is 25.4. The second-order valence-electron chi connectivity index (χ2n) is 9.82. The molecule has 0 unspecified atom stereocenters. The van der Waals surface area contributed by atoms with Gasteiger partial charge in [-0.2, -0.15) is 0 Å². The van der Waals surface area contributed by atoms with Crippen molar-refractivity contribution in [3.8, 4) is 0 Å². The van der Waals surface area contributed by atoms with E-state index in [0.29, 0.717) is 26.2 Å². The van der Waals surface area contributed by atoms with Crippen molar-refractivity contribution < 1.29 is 24.2 Å². The summed E-state index contributed by atoms with van der Waals surface area (Å²) in [6, 6.07) is 14.3. The zero-order valence-electron chi connectivity index (χ0n) is 20.3. The predicted molar refractivity (Wildman–Crippen MR) is 135 cm³/mol. The van der Waals surface area contributed by atoms with Gasteiger partial charge in [-0.25, -0.2) is 9.78 Å². The lowest BCUT2D eigenvalue weighted by Gasteiger charge is -2.46. The van der Waals surface area contributed by atoms with Crippen molar-refractivity contribution >= 4 is 35.4 Å². The maximum Gasteiger partial charge on any atom is 0.330 e. The number of aromatic nitrogens is 1. The Bertz CT molecular complexity index is 1120. The lowest BCUT2D eigenvalue weighted by Crippen LogP contribution is -2.67. The third kappa shape index (κ3) is 4.43. The number of piperazine rings is 1. The molecule has 3 saturated heterocycles. The van der Waals surface area contributed by atoms with Gasteiger partial charge in [0.15, 0.2) is 0 Å². The first-order valence-corrected chi connectivity index (χ1v) is 13.0. The smallest absolute Gasteiger partial charge is 0.330 e. The highest BCUT2D eigenvalue weighted by Crippen LogP contribution is 2.54. The highest BCUT2D eigenvalue weighted by molar-refractivity contribution is 8.01. The monoisotopic (exact) mass is 510 g/mol. The number of esters is 1. The maximum atomic E-state index is 13.1. The van der Waals surface area contributed by atoms with Gasteiger partial charge in [0, 0.05) is 37.1 Å². The molecule has 190 valence electrons. The number of fused-ring (bicyclic) bond motifs is 1. The molecule has 1 aromatic heterocycles. The number of carbonyl (C=O) groups is 3. The van der Waals surface area contributed by atoms with Gasteiger partial charge in [0.1, 0.15) is 30.5 Å². The molecule has 0 saturated carbocycles. The molecule has 0 radical (unpaired) electrons. The highest BCUT2D eigenvalue weighted by atomic mass is 32.2. The fourth-order valence-corrected chi connectivity index (χ4v) is 6.87. The van der Waals surface area contributed by atoms with Gasteiger partial charge in [0.05, 0.1) is 5.37 Å². The summed E-state index contributed by atoms with van der Waals surface area (Å²) in [6.07, 6.45) is 0.290. The Hall–Kier alpha value is -3.11. The van der Waals surface area contributed by atoms with Gasteiger partial charge in [0.2, 0.25) is 5.91 Å². The number of hydrogen-bond acceptors (Lipinski definition) is 8. The van der Waals surface area contributed by atoms with Gasteiger partial charge in [0.25, 0.3) is 5.91 Å². The lowest BCUT2D eigenvalue weighted by molar-refractivity contribution is -0.175. The van der Waals surface area contributed by atoms with E-state index >= 15 is 0 Å². The molecular formula is C26H30N4O5S. The zero-order valence-corrected chi connectivity index (χ0v) is 21.1. The Morgan fingerprint density at radius 1 is 1.11 bits per heavy atom. The first-order chi connectivity index (χ1) is 17.3. The van der Waals surface area contributed by atoms with Gasteiger partial charge in [-0.15, -0.1) is 11.8 Å². The van der Waals surface area contributed by atoms with Crippen molar-refractivity contribution in [2.24, 2.45) is 5.92 Å². The molecule has 2 aromatic rings. The largest absolute Gasteiger partial charge is 0.459 e. The molecule has 4 atom stereocenters. The van der Waals surface area contributed by atoms with Crippen LogP contribution in [0.4, 0.5) is 5.82 Å². The normalized spacial score (nSPS) is 25.7. The summed E-state index contributed by atoms with van der Waals surface area (Å²) in [5, 5.41) is 10.5. The van der Waals surface area contributed by atoms with Crippen LogP contribution < -0.4 is 4.90 Å². The summed E-state index contributed by atoms with van der Waals surface area (Å²) in [5.41, 5.74) is 0.864. The van der Waals surface area contributed by atoms with Gasteiger partial charge in [-0.3, -0.25) is 9.59 Å². The first-order valence-electron chi connectivity index (χ1n) is 12.1. The topological polar surface area (TPSA) is 103 Å². The number of thioether (sulfide) groups is 1. The van der Waals surface area contributed by atoms with Gasteiger partial charge in [-0.1, -0.05) is 36.4 Å². The molecule has 1 N–H and O–H groups in total. The van der Waals surface area contributed by atoms with Crippen LogP contribution in [0.15, 0.2) is 54.7 Å². The fraction of sp³-hybridized carbons (Fsp3) is 0.462. The second-order valence-corrected chi connectivity index (χ2v) is 11.6. The van der Waals surface area contributed by atoms with Crippen molar-refractivity contribution in [3.05, 3.63) is 60.3 Å². The molecule has 3 fully saturated rings. The van der Waals surface area contributed by atoms with Crippen molar-refractivity contribution in [2.75, 3.05) is 31.1 Å². The van der Waals surface area contributed by atoms with Crippen LogP contribution in [0.3, 0.4) is 0 Å². The number of ether oxygens (including phenoxy) is 1.